The molecule has 5 nitrogen and oxygen atoms in total. The molecule has 1 atom stereocenters. The minimum Gasteiger partial charge on any atom is -0.382 e. The number of benzene rings is 1. The van der Waals surface area contributed by atoms with Crippen molar-refractivity contribution in [1.29, 1.82) is 0 Å². The number of carbonyl (C=O) groups excluding carboxylic acids is 1. The van der Waals surface area contributed by atoms with Gasteiger partial charge in [0.2, 0.25) is 5.91 Å². The van der Waals surface area contributed by atoms with Crippen LogP contribution in [0.25, 0.3) is 20.7 Å². The summed E-state index contributed by atoms with van der Waals surface area (Å²) in [6, 6.07) is 12.3. The highest BCUT2D eigenvalue weighted by Gasteiger charge is 2.18. The van der Waals surface area contributed by atoms with Crippen molar-refractivity contribution in [3.63, 3.8) is 0 Å². The Morgan fingerprint density at radius 1 is 1.30 bits per heavy atom. The molecule has 0 fully saturated rings. The normalized spacial score (nSPS) is 12.2. The first kappa shape index (κ1) is 19.8. The number of hydrogen-bond acceptors (Lipinski definition) is 6. The SMILES string of the molecule is CCOCCCNC(=O)C(C)Sc1ncnc2sc(-c3ccccc3)cc12. The summed E-state index contributed by atoms with van der Waals surface area (Å²) in [4.78, 5) is 23.2. The molecule has 0 aliphatic heterocycles. The van der Waals surface area contributed by atoms with E-state index in [9.17, 15) is 4.79 Å². The first-order valence-electron chi connectivity index (χ1n) is 9.01. The third-order valence-corrected chi connectivity index (χ3v) is 6.19. The number of carbonyl (C=O) groups is 1. The van der Waals surface area contributed by atoms with Crippen LogP contribution in [0, 0.1) is 0 Å². The van der Waals surface area contributed by atoms with Crippen LogP contribution in [0.5, 0.6) is 0 Å². The second-order valence-electron chi connectivity index (χ2n) is 5.98. The van der Waals surface area contributed by atoms with Gasteiger partial charge in [-0.1, -0.05) is 42.1 Å². The average molecular weight is 402 g/mol. The van der Waals surface area contributed by atoms with Gasteiger partial charge in [0.15, 0.2) is 0 Å². The van der Waals surface area contributed by atoms with Crippen LogP contribution < -0.4 is 5.32 Å². The average Bonchev–Trinajstić information content (AvgIpc) is 3.14. The van der Waals surface area contributed by atoms with Gasteiger partial charge in [-0.15, -0.1) is 11.3 Å². The number of rotatable bonds is 9. The molecular formula is C20H23N3O2S2. The van der Waals surface area contributed by atoms with E-state index in [0.29, 0.717) is 19.8 Å². The van der Waals surface area contributed by atoms with Crippen LogP contribution in [-0.2, 0) is 9.53 Å². The van der Waals surface area contributed by atoms with Crippen molar-refractivity contribution in [3.8, 4) is 10.4 Å². The largest absolute Gasteiger partial charge is 0.382 e. The molecular weight excluding hydrogens is 378 g/mol. The summed E-state index contributed by atoms with van der Waals surface area (Å²) < 4.78 is 5.29. The van der Waals surface area contributed by atoms with E-state index in [1.54, 1.807) is 17.7 Å². The molecule has 1 unspecified atom stereocenters. The molecule has 1 aromatic carbocycles. The number of thiophene rings is 1. The van der Waals surface area contributed by atoms with Gasteiger partial charge in [0.25, 0.3) is 0 Å². The monoisotopic (exact) mass is 401 g/mol. The standard InChI is InChI=1S/C20H23N3O2S2/c1-3-25-11-7-10-21-18(24)14(2)26-19-16-12-17(15-8-5-4-6-9-15)27-20(16)23-13-22-19/h4-6,8-9,12-14H,3,7,10-11H2,1-2H3,(H,21,24). The number of nitrogens with one attached hydrogen (secondary N) is 1. The van der Waals surface area contributed by atoms with E-state index in [0.717, 1.165) is 32.1 Å². The predicted octanol–water partition coefficient (Wildman–Crippen LogP) is 4.38. The number of amides is 1. The quantitative estimate of drug-likeness (QED) is 0.327. The molecule has 7 heteroatoms. The molecule has 0 saturated heterocycles. The third-order valence-electron chi connectivity index (χ3n) is 3.98. The van der Waals surface area contributed by atoms with E-state index in [2.05, 4.69) is 33.5 Å². The summed E-state index contributed by atoms with van der Waals surface area (Å²) >= 11 is 3.11. The number of hydrogen-bond donors (Lipinski definition) is 1. The van der Waals surface area contributed by atoms with Gasteiger partial charge >= 0.3 is 0 Å². The second-order valence-corrected chi connectivity index (χ2v) is 8.34. The van der Waals surface area contributed by atoms with Gasteiger partial charge in [-0.05, 0) is 31.9 Å². The lowest BCUT2D eigenvalue weighted by atomic mass is 10.2. The molecule has 1 N–H and O–H groups in total. The fourth-order valence-corrected chi connectivity index (χ4v) is 4.55. The lowest BCUT2D eigenvalue weighted by molar-refractivity contribution is -0.120. The molecule has 2 aromatic heterocycles. The Morgan fingerprint density at radius 2 is 2.11 bits per heavy atom. The predicted molar refractivity (Wildman–Crippen MR) is 112 cm³/mol. The smallest absolute Gasteiger partial charge is 0.233 e. The van der Waals surface area contributed by atoms with Crippen molar-refractivity contribution in [2.45, 2.75) is 30.5 Å². The van der Waals surface area contributed by atoms with Crippen LogP contribution in [0.15, 0.2) is 47.8 Å². The topological polar surface area (TPSA) is 64.1 Å². The third kappa shape index (κ3) is 5.28. The number of nitrogens with zero attached hydrogens (tertiary/aromatic N) is 2. The Balaban J connectivity index is 1.67. The van der Waals surface area contributed by atoms with Crippen molar-refractivity contribution < 1.29 is 9.53 Å². The highest BCUT2D eigenvalue weighted by molar-refractivity contribution is 8.00. The fourth-order valence-electron chi connectivity index (χ4n) is 2.57. The van der Waals surface area contributed by atoms with Gasteiger partial charge in [-0.3, -0.25) is 4.79 Å². The Hall–Kier alpha value is -1.96. The maximum absolute atomic E-state index is 12.3. The first-order chi connectivity index (χ1) is 13.2. The summed E-state index contributed by atoms with van der Waals surface area (Å²) in [7, 11) is 0. The lowest BCUT2D eigenvalue weighted by Gasteiger charge is -2.11. The molecule has 1 amide bonds. The Kier molecular flexibility index (Phi) is 7.20. The van der Waals surface area contributed by atoms with Gasteiger partial charge in [0.05, 0.1) is 5.25 Å². The molecule has 3 aromatic rings. The van der Waals surface area contributed by atoms with Gasteiger partial charge in [-0.25, -0.2) is 9.97 Å². The van der Waals surface area contributed by atoms with Gasteiger partial charge in [0.1, 0.15) is 16.2 Å². The summed E-state index contributed by atoms with van der Waals surface area (Å²) in [6.07, 6.45) is 2.39. The van der Waals surface area contributed by atoms with Crippen LogP contribution in [0.4, 0.5) is 0 Å². The Labute approximate surface area is 167 Å². The van der Waals surface area contributed by atoms with Crippen molar-refractivity contribution in [2.75, 3.05) is 19.8 Å². The van der Waals surface area contributed by atoms with Crippen molar-refractivity contribution >= 4 is 39.2 Å². The van der Waals surface area contributed by atoms with E-state index < -0.39 is 0 Å². The van der Waals surface area contributed by atoms with E-state index in [-0.39, 0.29) is 11.2 Å². The zero-order chi connectivity index (χ0) is 19.1. The molecule has 2 heterocycles. The zero-order valence-electron chi connectivity index (χ0n) is 15.5. The van der Waals surface area contributed by atoms with Crippen LogP contribution in [0.2, 0.25) is 0 Å². The summed E-state index contributed by atoms with van der Waals surface area (Å²) in [5.74, 6) is 0.0155. The zero-order valence-corrected chi connectivity index (χ0v) is 17.1. The van der Waals surface area contributed by atoms with Gasteiger partial charge in [0, 0.05) is 30.0 Å². The maximum Gasteiger partial charge on any atom is 0.233 e. The first-order valence-corrected chi connectivity index (χ1v) is 10.7. The molecule has 3 rings (SSSR count). The summed E-state index contributed by atoms with van der Waals surface area (Å²) in [5, 5.41) is 4.58. The Morgan fingerprint density at radius 3 is 2.89 bits per heavy atom. The van der Waals surface area contributed by atoms with E-state index in [4.69, 9.17) is 4.74 Å². The van der Waals surface area contributed by atoms with E-state index in [1.165, 1.54) is 11.8 Å². The number of aromatic nitrogens is 2. The lowest BCUT2D eigenvalue weighted by Crippen LogP contribution is -2.32. The highest BCUT2D eigenvalue weighted by Crippen LogP contribution is 2.37. The van der Waals surface area contributed by atoms with Crippen LogP contribution in [-0.4, -0.2) is 40.9 Å². The van der Waals surface area contributed by atoms with Crippen LogP contribution in [0.1, 0.15) is 20.3 Å². The molecule has 0 radical (unpaired) electrons. The molecule has 27 heavy (non-hydrogen) atoms. The molecule has 0 spiro atoms. The number of thioether (sulfide) groups is 1. The summed E-state index contributed by atoms with van der Waals surface area (Å²) in [5.41, 5.74) is 1.16. The van der Waals surface area contributed by atoms with Crippen molar-refractivity contribution in [3.05, 3.63) is 42.7 Å². The van der Waals surface area contributed by atoms with Gasteiger partial charge < -0.3 is 10.1 Å². The number of ether oxygens (including phenoxy) is 1. The van der Waals surface area contributed by atoms with Gasteiger partial charge in [-0.2, -0.15) is 0 Å². The molecule has 0 aliphatic carbocycles. The van der Waals surface area contributed by atoms with Crippen LogP contribution in [0.3, 0.4) is 0 Å². The second kappa shape index (κ2) is 9.82. The van der Waals surface area contributed by atoms with Crippen molar-refractivity contribution in [1.82, 2.24) is 15.3 Å². The molecule has 0 bridgehead atoms. The van der Waals surface area contributed by atoms with Crippen LogP contribution >= 0.6 is 23.1 Å². The minimum absolute atomic E-state index is 0.0155. The maximum atomic E-state index is 12.3. The number of fused-ring (bicyclic) bond motifs is 1. The Bertz CT molecular complexity index is 883. The van der Waals surface area contributed by atoms with Crippen molar-refractivity contribution in [2.24, 2.45) is 0 Å². The van der Waals surface area contributed by atoms with E-state index >= 15 is 0 Å². The minimum atomic E-state index is -0.227. The summed E-state index contributed by atoms with van der Waals surface area (Å²) in [6.45, 7) is 5.87. The fraction of sp³-hybridized carbons (Fsp3) is 0.350. The molecule has 142 valence electrons. The molecule has 0 aliphatic rings. The van der Waals surface area contributed by atoms with E-state index in [1.807, 2.05) is 32.0 Å². The molecule has 0 saturated carbocycles. The highest BCUT2D eigenvalue weighted by atomic mass is 32.2.